The first-order valence-corrected chi connectivity index (χ1v) is 7.06. The van der Waals surface area contributed by atoms with Gasteiger partial charge in [-0.05, 0) is 40.8 Å². The Hall–Kier alpha value is -0.910. The van der Waals surface area contributed by atoms with E-state index in [0.717, 1.165) is 12.1 Å². The third-order valence-electron chi connectivity index (χ3n) is 2.98. The number of hydrogen-bond donors (Lipinski definition) is 1. The van der Waals surface area contributed by atoms with Crippen molar-refractivity contribution in [1.29, 1.82) is 0 Å². The van der Waals surface area contributed by atoms with Crippen LogP contribution in [0.1, 0.15) is 39.4 Å². The Morgan fingerprint density at radius 2 is 1.89 bits per heavy atom. The molecule has 1 aromatic heterocycles. The maximum absolute atomic E-state index is 5.64. The van der Waals surface area contributed by atoms with Gasteiger partial charge < -0.3 is 14.8 Å². The first-order chi connectivity index (χ1) is 9.12. The van der Waals surface area contributed by atoms with E-state index < -0.39 is 0 Å². The van der Waals surface area contributed by atoms with E-state index >= 15 is 0 Å². The van der Waals surface area contributed by atoms with Crippen molar-refractivity contribution < 1.29 is 9.47 Å². The molecular formula is C14H27N3O2. The standard InChI is InChI=1S/C14H27N3O2/c1-6-18-14(19-7-2)13(15-5)10-12-8-9-17(16-12)11(3)4/h8-9,11,13-15H,6-7,10H2,1-5H3. The van der Waals surface area contributed by atoms with E-state index in [0.29, 0.717) is 19.3 Å². The van der Waals surface area contributed by atoms with Gasteiger partial charge in [-0.15, -0.1) is 0 Å². The van der Waals surface area contributed by atoms with E-state index in [1.54, 1.807) is 0 Å². The van der Waals surface area contributed by atoms with E-state index in [-0.39, 0.29) is 12.3 Å². The van der Waals surface area contributed by atoms with Crippen molar-refractivity contribution in [3.8, 4) is 0 Å². The van der Waals surface area contributed by atoms with Crippen molar-refractivity contribution in [2.24, 2.45) is 0 Å². The third-order valence-corrected chi connectivity index (χ3v) is 2.98. The fourth-order valence-electron chi connectivity index (χ4n) is 1.94. The number of aromatic nitrogens is 2. The molecule has 0 bridgehead atoms. The summed E-state index contributed by atoms with van der Waals surface area (Å²) >= 11 is 0. The molecule has 0 aliphatic heterocycles. The second-order valence-corrected chi connectivity index (χ2v) is 4.76. The van der Waals surface area contributed by atoms with Crippen LogP contribution in [0.2, 0.25) is 0 Å². The van der Waals surface area contributed by atoms with E-state index in [1.807, 2.05) is 31.8 Å². The third kappa shape index (κ3) is 4.93. The molecule has 0 saturated heterocycles. The highest BCUT2D eigenvalue weighted by Gasteiger charge is 2.22. The molecule has 0 aliphatic carbocycles. The summed E-state index contributed by atoms with van der Waals surface area (Å²) in [4.78, 5) is 0. The molecule has 1 N–H and O–H groups in total. The van der Waals surface area contributed by atoms with Crippen molar-refractivity contribution in [3.63, 3.8) is 0 Å². The van der Waals surface area contributed by atoms with Crippen LogP contribution in [0.5, 0.6) is 0 Å². The van der Waals surface area contributed by atoms with E-state index in [1.165, 1.54) is 0 Å². The van der Waals surface area contributed by atoms with Gasteiger partial charge in [0.1, 0.15) is 0 Å². The fraction of sp³-hybridized carbons (Fsp3) is 0.786. The maximum atomic E-state index is 5.64. The molecule has 1 heterocycles. The predicted octanol–water partition coefficient (Wildman–Crippen LogP) is 1.99. The van der Waals surface area contributed by atoms with Gasteiger partial charge in [0.15, 0.2) is 6.29 Å². The van der Waals surface area contributed by atoms with Crippen molar-refractivity contribution in [2.45, 2.75) is 52.5 Å². The molecule has 0 aliphatic rings. The molecule has 19 heavy (non-hydrogen) atoms. The number of hydrogen-bond acceptors (Lipinski definition) is 4. The van der Waals surface area contributed by atoms with Crippen molar-refractivity contribution >= 4 is 0 Å². The number of rotatable bonds is 9. The van der Waals surface area contributed by atoms with Gasteiger partial charge in [-0.2, -0.15) is 5.10 Å². The highest BCUT2D eigenvalue weighted by molar-refractivity contribution is 5.02. The minimum Gasteiger partial charge on any atom is -0.351 e. The molecule has 0 spiro atoms. The minimum atomic E-state index is -0.232. The fourth-order valence-corrected chi connectivity index (χ4v) is 1.94. The van der Waals surface area contributed by atoms with Crippen LogP contribution >= 0.6 is 0 Å². The second kappa shape index (κ2) is 8.30. The molecular weight excluding hydrogens is 242 g/mol. The topological polar surface area (TPSA) is 48.3 Å². The first-order valence-electron chi connectivity index (χ1n) is 7.06. The van der Waals surface area contributed by atoms with E-state index in [4.69, 9.17) is 9.47 Å². The van der Waals surface area contributed by atoms with Gasteiger partial charge in [0, 0.05) is 31.9 Å². The molecule has 5 nitrogen and oxygen atoms in total. The van der Waals surface area contributed by atoms with Crippen LogP contribution in [0, 0.1) is 0 Å². The van der Waals surface area contributed by atoms with Gasteiger partial charge in [0.05, 0.1) is 11.7 Å². The van der Waals surface area contributed by atoms with Gasteiger partial charge in [0.2, 0.25) is 0 Å². The molecule has 1 unspecified atom stereocenters. The Morgan fingerprint density at radius 3 is 2.32 bits per heavy atom. The minimum absolute atomic E-state index is 0.107. The van der Waals surface area contributed by atoms with Gasteiger partial charge in [-0.25, -0.2) is 0 Å². The monoisotopic (exact) mass is 269 g/mol. The zero-order valence-electron chi connectivity index (χ0n) is 12.7. The number of nitrogens with zero attached hydrogens (tertiary/aromatic N) is 2. The van der Waals surface area contributed by atoms with Crippen molar-refractivity contribution in [2.75, 3.05) is 20.3 Å². The second-order valence-electron chi connectivity index (χ2n) is 4.76. The summed E-state index contributed by atoms with van der Waals surface area (Å²) in [6.45, 7) is 9.48. The summed E-state index contributed by atoms with van der Waals surface area (Å²) in [5.74, 6) is 0. The molecule has 0 aromatic carbocycles. The van der Waals surface area contributed by atoms with Crippen LogP contribution in [0.4, 0.5) is 0 Å². The molecule has 1 rings (SSSR count). The Balaban J connectivity index is 2.67. The number of likely N-dealkylation sites (N-methyl/N-ethyl adjacent to an activating group) is 1. The van der Waals surface area contributed by atoms with Gasteiger partial charge in [-0.3, -0.25) is 4.68 Å². The Morgan fingerprint density at radius 1 is 1.26 bits per heavy atom. The largest absolute Gasteiger partial charge is 0.351 e. The zero-order chi connectivity index (χ0) is 14.3. The highest BCUT2D eigenvalue weighted by atomic mass is 16.7. The summed E-state index contributed by atoms with van der Waals surface area (Å²) in [6.07, 6.45) is 2.58. The lowest BCUT2D eigenvalue weighted by Crippen LogP contribution is -2.43. The van der Waals surface area contributed by atoms with Crippen molar-refractivity contribution in [1.82, 2.24) is 15.1 Å². The van der Waals surface area contributed by atoms with Crippen molar-refractivity contribution in [3.05, 3.63) is 18.0 Å². The molecule has 0 amide bonds. The lowest BCUT2D eigenvalue weighted by molar-refractivity contribution is -0.152. The lowest BCUT2D eigenvalue weighted by Gasteiger charge is -2.25. The van der Waals surface area contributed by atoms with Crippen LogP contribution in [-0.4, -0.2) is 42.4 Å². The molecule has 0 radical (unpaired) electrons. The normalized spacial score (nSPS) is 13.4. The summed E-state index contributed by atoms with van der Waals surface area (Å²) < 4.78 is 13.3. The average Bonchev–Trinajstić information content (AvgIpc) is 2.84. The molecule has 1 atom stereocenters. The number of nitrogens with one attached hydrogen (secondary N) is 1. The quantitative estimate of drug-likeness (QED) is 0.697. The van der Waals surface area contributed by atoms with Gasteiger partial charge in [-0.1, -0.05) is 0 Å². The highest BCUT2D eigenvalue weighted by Crippen LogP contribution is 2.10. The van der Waals surface area contributed by atoms with Crippen LogP contribution < -0.4 is 5.32 Å². The van der Waals surface area contributed by atoms with Crippen LogP contribution in [0.25, 0.3) is 0 Å². The summed E-state index contributed by atoms with van der Waals surface area (Å²) in [5.41, 5.74) is 1.05. The van der Waals surface area contributed by atoms with E-state index in [2.05, 4.69) is 30.3 Å². The smallest absolute Gasteiger partial charge is 0.173 e. The molecule has 0 saturated carbocycles. The molecule has 1 aromatic rings. The maximum Gasteiger partial charge on any atom is 0.173 e. The Kier molecular flexibility index (Phi) is 7.05. The van der Waals surface area contributed by atoms with Crippen LogP contribution in [0.3, 0.4) is 0 Å². The summed E-state index contributed by atoms with van der Waals surface area (Å²) in [6, 6.07) is 2.55. The predicted molar refractivity (Wildman–Crippen MR) is 76.2 cm³/mol. The Labute approximate surface area is 116 Å². The van der Waals surface area contributed by atoms with E-state index in [9.17, 15) is 0 Å². The van der Waals surface area contributed by atoms with Crippen LogP contribution in [-0.2, 0) is 15.9 Å². The molecule has 0 fully saturated rings. The zero-order valence-corrected chi connectivity index (χ0v) is 12.7. The number of ether oxygens (including phenoxy) is 2. The van der Waals surface area contributed by atoms with Gasteiger partial charge >= 0.3 is 0 Å². The average molecular weight is 269 g/mol. The SMILES string of the molecule is CCOC(OCC)C(Cc1ccn(C(C)C)n1)NC. The summed E-state index contributed by atoms with van der Waals surface area (Å²) in [5, 5.41) is 7.83. The Bertz CT molecular complexity index is 346. The van der Waals surface area contributed by atoms with Crippen LogP contribution in [0.15, 0.2) is 12.3 Å². The molecule has 110 valence electrons. The molecule has 5 heteroatoms. The van der Waals surface area contributed by atoms with Gasteiger partial charge in [0.25, 0.3) is 0 Å². The lowest BCUT2D eigenvalue weighted by atomic mass is 10.1. The first kappa shape index (κ1) is 16.1. The summed E-state index contributed by atoms with van der Waals surface area (Å²) in [7, 11) is 1.93.